The molecule has 2 aromatic rings. The van der Waals surface area contributed by atoms with Gasteiger partial charge in [-0.05, 0) is 30.8 Å². The molecule has 0 bridgehead atoms. The Morgan fingerprint density at radius 2 is 1.93 bits per heavy atom. The summed E-state index contributed by atoms with van der Waals surface area (Å²) in [6.45, 7) is 0.843. The lowest BCUT2D eigenvalue weighted by atomic mass is 10.2. The Labute approximate surface area is 89.2 Å². The van der Waals surface area contributed by atoms with E-state index in [1.165, 1.54) is 5.56 Å². The first-order valence-corrected chi connectivity index (χ1v) is 4.91. The fraction of sp³-hybridized carbons (Fsp3) is 0.167. The van der Waals surface area contributed by atoms with Gasteiger partial charge in [0.05, 0.1) is 11.4 Å². The highest BCUT2D eigenvalue weighted by Gasteiger charge is 1.99. The van der Waals surface area contributed by atoms with Crippen LogP contribution >= 0.6 is 0 Å². The van der Waals surface area contributed by atoms with Crippen molar-refractivity contribution in [1.29, 1.82) is 0 Å². The molecule has 0 amide bonds. The predicted molar refractivity (Wildman–Crippen MR) is 60.2 cm³/mol. The molecule has 0 saturated heterocycles. The third kappa shape index (κ3) is 2.39. The summed E-state index contributed by atoms with van der Waals surface area (Å²) < 4.78 is 0. The van der Waals surface area contributed by atoms with E-state index in [-0.39, 0.29) is 0 Å². The van der Waals surface area contributed by atoms with Crippen molar-refractivity contribution in [3.8, 4) is 11.4 Å². The van der Waals surface area contributed by atoms with Crippen LogP contribution in [0.25, 0.3) is 11.4 Å². The van der Waals surface area contributed by atoms with Crippen LogP contribution in [0.2, 0.25) is 0 Å². The quantitative estimate of drug-likeness (QED) is 0.820. The number of hydrogen-bond donors (Lipinski definition) is 1. The maximum absolute atomic E-state index is 4.37. The second-order valence-electron chi connectivity index (χ2n) is 3.30. The van der Waals surface area contributed by atoms with E-state index in [4.69, 9.17) is 0 Å². The van der Waals surface area contributed by atoms with E-state index in [0.717, 1.165) is 17.9 Å². The van der Waals surface area contributed by atoms with Gasteiger partial charge in [0.1, 0.15) is 0 Å². The van der Waals surface area contributed by atoms with Crippen molar-refractivity contribution in [3.05, 3.63) is 48.3 Å². The van der Waals surface area contributed by atoms with Gasteiger partial charge in [0.25, 0.3) is 0 Å². The van der Waals surface area contributed by atoms with Crippen LogP contribution in [0.4, 0.5) is 0 Å². The Morgan fingerprint density at radius 1 is 1.07 bits per heavy atom. The molecule has 0 aliphatic heterocycles. The SMILES string of the molecule is CNCc1ccc(-c2ccccn2)nc1. The molecule has 2 aromatic heterocycles. The van der Waals surface area contributed by atoms with Crippen molar-refractivity contribution >= 4 is 0 Å². The smallest absolute Gasteiger partial charge is 0.0886 e. The van der Waals surface area contributed by atoms with Gasteiger partial charge < -0.3 is 5.32 Å². The summed E-state index contributed by atoms with van der Waals surface area (Å²) >= 11 is 0. The van der Waals surface area contributed by atoms with Gasteiger partial charge in [-0.25, -0.2) is 0 Å². The molecule has 15 heavy (non-hydrogen) atoms. The first-order valence-electron chi connectivity index (χ1n) is 4.91. The molecule has 0 aromatic carbocycles. The minimum atomic E-state index is 0.843. The zero-order chi connectivity index (χ0) is 10.5. The lowest BCUT2D eigenvalue weighted by Crippen LogP contribution is -2.05. The second-order valence-corrected chi connectivity index (χ2v) is 3.30. The lowest BCUT2D eigenvalue weighted by Gasteiger charge is -2.01. The molecule has 2 rings (SSSR count). The molecule has 0 aliphatic rings. The molecule has 0 aliphatic carbocycles. The zero-order valence-corrected chi connectivity index (χ0v) is 8.64. The molecule has 3 nitrogen and oxygen atoms in total. The number of pyridine rings is 2. The van der Waals surface area contributed by atoms with Crippen LogP contribution < -0.4 is 5.32 Å². The minimum Gasteiger partial charge on any atom is -0.316 e. The molecule has 0 saturated carbocycles. The van der Waals surface area contributed by atoms with Crippen molar-refractivity contribution in [2.45, 2.75) is 6.54 Å². The van der Waals surface area contributed by atoms with Crippen LogP contribution in [0.5, 0.6) is 0 Å². The standard InChI is InChI=1S/C12H13N3/c1-13-8-10-5-6-12(15-9-10)11-4-2-3-7-14-11/h2-7,9,13H,8H2,1H3. The fourth-order valence-electron chi connectivity index (χ4n) is 1.40. The average molecular weight is 199 g/mol. The third-order valence-electron chi connectivity index (χ3n) is 2.13. The van der Waals surface area contributed by atoms with Gasteiger partial charge in [-0.15, -0.1) is 0 Å². The fourth-order valence-corrected chi connectivity index (χ4v) is 1.40. The van der Waals surface area contributed by atoms with Crippen molar-refractivity contribution < 1.29 is 0 Å². The van der Waals surface area contributed by atoms with E-state index in [9.17, 15) is 0 Å². The van der Waals surface area contributed by atoms with Gasteiger partial charge >= 0.3 is 0 Å². The molecule has 0 fully saturated rings. The molecule has 0 spiro atoms. The van der Waals surface area contributed by atoms with Crippen LogP contribution in [0.3, 0.4) is 0 Å². The lowest BCUT2D eigenvalue weighted by molar-refractivity contribution is 0.813. The van der Waals surface area contributed by atoms with Crippen LogP contribution in [0.15, 0.2) is 42.7 Å². The molecule has 2 heterocycles. The van der Waals surface area contributed by atoms with Crippen LogP contribution in [-0.2, 0) is 6.54 Å². The van der Waals surface area contributed by atoms with Crippen LogP contribution in [-0.4, -0.2) is 17.0 Å². The summed E-state index contributed by atoms with van der Waals surface area (Å²) in [6.07, 6.45) is 3.65. The monoisotopic (exact) mass is 199 g/mol. The minimum absolute atomic E-state index is 0.843. The van der Waals surface area contributed by atoms with Gasteiger partial charge in [-0.3, -0.25) is 9.97 Å². The van der Waals surface area contributed by atoms with Crippen LogP contribution in [0, 0.1) is 0 Å². The van der Waals surface area contributed by atoms with E-state index < -0.39 is 0 Å². The zero-order valence-electron chi connectivity index (χ0n) is 8.64. The van der Waals surface area contributed by atoms with Gasteiger partial charge in [0.15, 0.2) is 0 Å². The maximum Gasteiger partial charge on any atom is 0.0886 e. The van der Waals surface area contributed by atoms with Crippen molar-refractivity contribution in [2.24, 2.45) is 0 Å². The van der Waals surface area contributed by atoms with E-state index in [0.29, 0.717) is 0 Å². The Balaban J connectivity index is 2.24. The van der Waals surface area contributed by atoms with Crippen LogP contribution in [0.1, 0.15) is 5.56 Å². The Morgan fingerprint density at radius 3 is 2.53 bits per heavy atom. The normalized spacial score (nSPS) is 10.2. The maximum atomic E-state index is 4.37. The number of nitrogens with one attached hydrogen (secondary N) is 1. The summed E-state index contributed by atoms with van der Waals surface area (Å²) in [5, 5.41) is 3.09. The second kappa shape index (κ2) is 4.66. The summed E-state index contributed by atoms with van der Waals surface area (Å²) in [4.78, 5) is 8.61. The van der Waals surface area contributed by atoms with Crippen molar-refractivity contribution in [3.63, 3.8) is 0 Å². The molecule has 3 heteroatoms. The van der Waals surface area contributed by atoms with Gasteiger partial charge in [0, 0.05) is 18.9 Å². The highest BCUT2D eigenvalue weighted by Crippen LogP contribution is 2.13. The number of aromatic nitrogens is 2. The molecule has 0 radical (unpaired) electrons. The highest BCUT2D eigenvalue weighted by atomic mass is 14.8. The predicted octanol–water partition coefficient (Wildman–Crippen LogP) is 1.86. The van der Waals surface area contributed by atoms with Gasteiger partial charge in [0.2, 0.25) is 0 Å². The van der Waals surface area contributed by atoms with Gasteiger partial charge in [-0.2, -0.15) is 0 Å². The van der Waals surface area contributed by atoms with Gasteiger partial charge in [-0.1, -0.05) is 12.1 Å². The molecule has 1 N–H and O–H groups in total. The average Bonchev–Trinajstić information content (AvgIpc) is 2.32. The Hall–Kier alpha value is -1.74. The van der Waals surface area contributed by atoms with Crippen molar-refractivity contribution in [1.82, 2.24) is 15.3 Å². The highest BCUT2D eigenvalue weighted by molar-refractivity contribution is 5.53. The number of nitrogens with zero attached hydrogens (tertiary/aromatic N) is 2. The summed E-state index contributed by atoms with van der Waals surface area (Å²) in [6, 6.07) is 9.88. The van der Waals surface area contributed by atoms with E-state index in [1.807, 2.05) is 37.5 Å². The Bertz CT molecular complexity index is 409. The summed E-state index contributed by atoms with van der Waals surface area (Å²) in [7, 11) is 1.92. The largest absolute Gasteiger partial charge is 0.316 e. The molecular formula is C12H13N3. The third-order valence-corrected chi connectivity index (χ3v) is 2.13. The topological polar surface area (TPSA) is 37.8 Å². The number of hydrogen-bond acceptors (Lipinski definition) is 3. The van der Waals surface area contributed by atoms with E-state index in [2.05, 4.69) is 21.4 Å². The van der Waals surface area contributed by atoms with Crippen molar-refractivity contribution in [2.75, 3.05) is 7.05 Å². The first-order chi connectivity index (χ1) is 7.40. The summed E-state index contributed by atoms with van der Waals surface area (Å²) in [5.41, 5.74) is 3.00. The molecular weight excluding hydrogens is 186 g/mol. The molecule has 0 unspecified atom stereocenters. The first kappa shape index (κ1) is 9.80. The Kier molecular flexibility index (Phi) is 3.05. The van der Waals surface area contributed by atoms with E-state index in [1.54, 1.807) is 6.20 Å². The van der Waals surface area contributed by atoms with E-state index >= 15 is 0 Å². The molecule has 76 valence electrons. The molecule has 0 atom stereocenters. The number of rotatable bonds is 3. The summed E-state index contributed by atoms with van der Waals surface area (Å²) in [5.74, 6) is 0.